The second-order valence-corrected chi connectivity index (χ2v) is 13.8. The van der Waals surface area contributed by atoms with Crippen LogP contribution in [0.25, 0.3) is 0 Å². The number of hydrogen-bond acceptors (Lipinski definition) is 4. The Morgan fingerprint density at radius 3 is 1.05 bits per heavy atom. The maximum atomic E-state index is 10.8. The first-order valence-corrected chi connectivity index (χ1v) is 20.0. The number of hydrogen-bond donors (Lipinski definition) is 1. The Morgan fingerprint density at radius 1 is 0.452 bits per heavy atom. The minimum absolute atomic E-state index is 0.333. The zero-order chi connectivity index (χ0) is 31.2. The summed E-state index contributed by atoms with van der Waals surface area (Å²) in [4.78, 5) is 0. The molecule has 0 aromatic rings. The largest absolute Gasteiger partial charge is 0.396 e. The molecular formula is C37H74O4S. The summed E-state index contributed by atoms with van der Waals surface area (Å²) >= 11 is 0. The van der Waals surface area contributed by atoms with Crippen molar-refractivity contribution in [2.45, 2.75) is 194 Å². The predicted molar refractivity (Wildman–Crippen MR) is 187 cm³/mol. The fourth-order valence-corrected chi connectivity index (χ4v) is 5.34. The van der Waals surface area contributed by atoms with Crippen LogP contribution in [-0.2, 0) is 14.3 Å². The van der Waals surface area contributed by atoms with Gasteiger partial charge in [-0.15, -0.1) is 0 Å². The average molecular weight is 615 g/mol. The number of allylic oxidation sites excluding steroid dienone is 4. The third-order valence-corrected chi connectivity index (χ3v) is 8.22. The first-order chi connectivity index (χ1) is 20.5. The van der Waals surface area contributed by atoms with Crippen molar-refractivity contribution in [3.05, 3.63) is 24.3 Å². The second-order valence-electron chi connectivity index (χ2n) is 12.1. The molecule has 0 aliphatic rings. The van der Waals surface area contributed by atoms with E-state index in [1.54, 1.807) is 0 Å². The first-order valence-electron chi connectivity index (χ1n) is 18.2. The summed E-state index contributed by atoms with van der Waals surface area (Å²) in [6, 6.07) is 0. The van der Waals surface area contributed by atoms with Crippen LogP contribution in [0, 0.1) is 0 Å². The number of aliphatic hydroxyl groups is 1. The summed E-state index contributed by atoms with van der Waals surface area (Å²) in [6.07, 6.45) is 46.5. The number of rotatable bonds is 32. The monoisotopic (exact) mass is 615 g/mol. The fraction of sp³-hybridized carbons (Fsp3) is 0.892. The predicted octanol–water partition coefficient (Wildman–Crippen LogP) is 12.0. The zero-order valence-electron chi connectivity index (χ0n) is 28.6. The third kappa shape index (κ3) is 46.3. The highest BCUT2D eigenvalue weighted by molar-refractivity contribution is 7.85. The number of aliphatic hydroxyl groups excluding tert-OH is 1. The van der Waals surface area contributed by atoms with Crippen molar-refractivity contribution in [1.29, 1.82) is 0 Å². The summed E-state index contributed by atoms with van der Waals surface area (Å²) in [5.41, 5.74) is 0. The van der Waals surface area contributed by atoms with Crippen molar-refractivity contribution in [2.75, 3.05) is 19.5 Å². The average Bonchev–Trinajstić information content (AvgIpc) is 2.96. The van der Waals surface area contributed by atoms with E-state index < -0.39 is 10.1 Å². The lowest BCUT2D eigenvalue weighted by Gasteiger charge is -2.02. The van der Waals surface area contributed by atoms with E-state index >= 15 is 0 Å². The first kappa shape index (κ1) is 43.5. The normalized spacial score (nSPS) is 11.9. The fourth-order valence-electron chi connectivity index (χ4n) is 4.92. The Morgan fingerprint density at radius 2 is 0.738 bits per heavy atom. The van der Waals surface area contributed by atoms with E-state index in [9.17, 15) is 8.42 Å². The molecule has 42 heavy (non-hydrogen) atoms. The Bertz CT molecular complexity index is 642. The van der Waals surface area contributed by atoms with Crippen LogP contribution in [0.3, 0.4) is 0 Å². The van der Waals surface area contributed by atoms with Gasteiger partial charge in [-0.25, -0.2) is 0 Å². The van der Waals surface area contributed by atoms with Gasteiger partial charge in [0.2, 0.25) is 0 Å². The van der Waals surface area contributed by atoms with Crippen molar-refractivity contribution in [3.63, 3.8) is 0 Å². The molecule has 1 N–H and O–H groups in total. The van der Waals surface area contributed by atoms with Gasteiger partial charge in [0.1, 0.15) is 0 Å². The number of unbranched alkanes of at least 4 members (excludes halogenated alkanes) is 24. The molecule has 0 amide bonds. The molecule has 0 unspecified atom stereocenters. The van der Waals surface area contributed by atoms with E-state index in [1.807, 2.05) is 0 Å². The molecule has 0 radical (unpaired) electrons. The Balaban J connectivity index is 0. The lowest BCUT2D eigenvalue weighted by atomic mass is 10.1. The molecule has 0 fully saturated rings. The maximum Gasteiger partial charge on any atom is 0.264 e. The van der Waals surface area contributed by atoms with Gasteiger partial charge in [0, 0.05) is 6.61 Å². The standard InChI is InChI=1S/C19H38O3S.C18H36O/c1-3-4-5-6-7-8-9-10-11-12-13-14-15-16-17-18-19-22-23(2,20)21;1-2-3-4-5-6-7-8-9-10-11-12-13-14-15-16-17-18-19/h10-11H,3-9,12-19H2,1-2H3;9-10,19H,2-8,11-18H2,1H3/b11-10-;10-9-. The van der Waals surface area contributed by atoms with Crippen LogP contribution >= 0.6 is 0 Å². The van der Waals surface area contributed by atoms with Crippen molar-refractivity contribution >= 4 is 10.1 Å². The van der Waals surface area contributed by atoms with Gasteiger partial charge in [-0.3, -0.25) is 4.18 Å². The van der Waals surface area contributed by atoms with Crippen LogP contribution < -0.4 is 0 Å². The lowest BCUT2D eigenvalue weighted by molar-refractivity contribution is 0.282. The SMILES string of the molecule is CCCCCCCC/C=C\CCCCCCCCO.CCCCCCCC/C=C\CCCCCCCCOS(C)(=O)=O. The van der Waals surface area contributed by atoms with Crippen molar-refractivity contribution < 1.29 is 17.7 Å². The van der Waals surface area contributed by atoms with Gasteiger partial charge in [0.25, 0.3) is 10.1 Å². The van der Waals surface area contributed by atoms with Gasteiger partial charge < -0.3 is 5.11 Å². The molecule has 0 spiro atoms. The third-order valence-electron chi connectivity index (χ3n) is 7.62. The molecule has 0 rings (SSSR count). The molecule has 0 aliphatic carbocycles. The molecule has 252 valence electrons. The zero-order valence-corrected chi connectivity index (χ0v) is 29.4. The molecule has 0 heterocycles. The molecular weight excluding hydrogens is 540 g/mol. The molecule has 5 heteroatoms. The van der Waals surface area contributed by atoms with Crippen LogP contribution in [0.2, 0.25) is 0 Å². The summed E-state index contributed by atoms with van der Waals surface area (Å²) in [5, 5.41) is 8.66. The van der Waals surface area contributed by atoms with E-state index in [2.05, 4.69) is 38.2 Å². The quantitative estimate of drug-likeness (QED) is 0.0465. The minimum atomic E-state index is -3.25. The highest BCUT2D eigenvalue weighted by Gasteiger charge is 2.00. The highest BCUT2D eigenvalue weighted by Crippen LogP contribution is 2.11. The summed E-state index contributed by atoms with van der Waals surface area (Å²) in [5.74, 6) is 0. The molecule has 0 aromatic heterocycles. The smallest absolute Gasteiger partial charge is 0.264 e. The molecule has 4 nitrogen and oxygen atoms in total. The van der Waals surface area contributed by atoms with Crippen molar-refractivity contribution in [2.24, 2.45) is 0 Å². The van der Waals surface area contributed by atoms with E-state index in [1.165, 1.54) is 161 Å². The van der Waals surface area contributed by atoms with Crippen LogP contribution in [0.1, 0.15) is 194 Å². The van der Waals surface area contributed by atoms with Crippen LogP contribution in [-0.4, -0.2) is 33.0 Å². The van der Waals surface area contributed by atoms with E-state index in [0.29, 0.717) is 13.2 Å². The molecule has 0 saturated carbocycles. The molecule has 0 atom stereocenters. The van der Waals surface area contributed by atoms with E-state index in [0.717, 1.165) is 25.5 Å². The van der Waals surface area contributed by atoms with E-state index in [4.69, 9.17) is 9.29 Å². The topological polar surface area (TPSA) is 63.6 Å². The molecule has 0 aromatic carbocycles. The molecule has 0 bridgehead atoms. The Labute approximate surface area is 264 Å². The lowest BCUT2D eigenvalue weighted by Crippen LogP contribution is -2.03. The maximum absolute atomic E-state index is 10.8. The molecule has 0 aliphatic heterocycles. The van der Waals surface area contributed by atoms with Gasteiger partial charge in [0.15, 0.2) is 0 Å². The van der Waals surface area contributed by atoms with Crippen molar-refractivity contribution in [1.82, 2.24) is 0 Å². The van der Waals surface area contributed by atoms with Gasteiger partial charge in [-0.05, 0) is 64.2 Å². The van der Waals surface area contributed by atoms with Gasteiger partial charge >= 0.3 is 0 Å². The Kier molecular flexibility index (Phi) is 39.7. The minimum Gasteiger partial charge on any atom is -0.396 e. The highest BCUT2D eigenvalue weighted by atomic mass is 32.2. The summed E-state index contributed by atoms with van der Waals surface area (Å²) < 4.78 is 26.2. The van der Waals surface area contributed by atoms with Crippen LogP contribution in [0.15, 0.2) is 24.3 Å². The van der Waals surface area contributed by atoms with Crippen molar-refractivity contribution in [3.8, 4) is 0 Å². The summed E-state index contributed by atoms with van der Waals surface area (Å²) in [7, 11) is -3.25. The molecule has 0 saturated heterocycles. The summed E-state index contributed by atoms with van der Waals surface area (Å²) in [6.45, 7) is 5.23. The van der Waals surface area contributed by atoms with Crippen LogP contribution in [0.5, 0.6) is 0 Å². The second kappa shape index (κ2) is 38.4. The van der Waals surface area contributed by atoms with Crippen LogP contribution in [0.4, 0.5) is 0 Å². The van der Waals surface area contributed by atoms with Gasteiger partial charge in [-0.1, -0.05) is 154 Å². The van der Waals surface area contributed by atoms with Gasteiger partial charge in [-0.2, -0.15) is 8.42 Å². The Hall–Kier alpha value is -0.650. The van der Waals surface area contributed by atoms with Gasteiger partial charge in [0.05, 0.1) is 12.9 Å². The van der Waals surface area contributed by atoms with E-state index in [-0.39, 0.29) is 0 Å².